The summed E-state index contributed by atoms with van der Waals surface area (Å²) in [6.07, 6.45) is -0.730. The third-order valence-electron chi connectivity index (χ3n) is 4.01. The van der Waals surface area contributed by atoms with Gasteiger partial charge >= 0.3 is 6.18 Å². The van der Waals surface area contributed by atoms with Crippen LogP contribution in [0.2, 0.25) is 0 Å². The number of halogens is 3. The van der Waals surface area contributed by atoms with Crippen LogP contribution in [0.3, 0.4) is 0 Å². The molecule has 2 rings (SSSR count). The van der Waals surface area contributed by atoms with Crippen molar-refractivity contribution in [2.45, 2.75) is 25.4 Å². The second-order valence-corrected chi connectivity index (χ2v) is 5.70. The number of likely N-dealkylation sites (N-methyl/N-ethyl adjacent to an activating group) is 1. The van der Waals surface area contributed by atoms with E-state index in [4.69, 9.17) is 0 Å². The van der Waals surface area contributed by atoms with E-state index in [-0.39, 0.29) is 11.5 Å². The second kappa shape index (κ2) is 7.13. The predicted molar refractivity (Wildman–Crippen MR) is 78.7 cm³/mol. The summed E-state index contributed by atoms with van der Waals surface area (Å²) in [4.78, 5) is 16.1. The number of likely N-dealkylation sites (tertiary alicyclic amines) is 1. The van der Waals surface area contributed by atoms with Crippen LogP contribution in [-0.2, 0) is 6.18 Å². The van der Waals surface area contributed by atoms with Gasteiger partial charge in [0, 0.05) is 25.7 Å². The first-order chi connectivity index (χ1) is 10.4. The fourth-order valence-corrected chi connectivity index (χ4v) is 2.60. The van der Waals surface area contributed by atoms with Gasteiger partial charge in [-0.1, -0.05) is 6.42 Å². The van der Waals surface area contributed by atoms with E-state index in [1.54, 1.807) is 11.9 Å². The van der Waals surface area contributed by atoms with Crippen LogP contribution in [0, 0.1) is 0 Å². The highest BCUT2D eigenvalue weighted by Crippen LogP contribution is 2.29. The second-order valence-electron chi connectivity index (χ2n) is 5.70. The van der Waals surface area contributed by atoms with Crippen molar-refractivity contribution in [2.24, 2.45) is 0 Å². The minimum absolute atomic E-state index is 0.245. The van der Waals surface area contributed by atoms with E-state index in [0.29, 0.717) is 6.54 Å². The molecule has 0 atom stereocenters. The molecule has 1 fully saturated rings. The quantitative estimate of drug-likeness (QED) is 0.851. The van der Waals surface area contributed by atoms with E-state index in [0.717, 1.165) is 31.8 Å². The van der Waals surface area contributed by atoms with Gasteiger partial charge in [-0.3, -0.25) is 4.79 Å². The molecular weight excluding hydrogens is 293 g/mol. The maximum absolute atomic E-state index is 12.5. The van der Waals surface area contributed by atoms with Crippen LogP contribution in [0.5, 0.6) is 0 Å². The average Bonchev–Trinajstić information content (AvgIpc) is 2.52. The Morgan fingerprint density at radius 2 is 1.73 bits per heavy atom. The Labute approximate surface area is 128 Å². The number of carbonyl (C=O) groups excluding carboxylic acids is 1. The van der Waals surface area contributed by atoms with Gasteiger partial charge < -0.3 is 9.80 Å². The Hall–Kier alpha value is -1.56. The number of piperidine rings is 1. The van der Waals surface area contributed by atoms with E-state index in [1.807, 2.05) is 0 Å². The molecule has 1 aliphatic heterocycles. The summed E-state index contributed by atoms with van der Waals surface area (Å²) in [5, 5.41) is 0. The minimum atomic E-state index is -4.37. The van der Waals surface area contributed by atoms with Gasteiger partial charge in [0.05, 0.1) is 5.56 Å². The molecule has 0 unspecified atom stereocenters. The number of carbonyl (C=O) groups is 1. The van der Waals surface area contributed by atoms with Crippen molar-refractivity contribution in [1.82, 2.24) is 9.80 Å². The molecule has 0 spiro atoms. The summed E-state index contributed by atoms with van der Waals surface area (Å²) in [5.74, 6) is -0.245. The van der Waals surface area contributed by atoms with Crippen molar-refractivity contribution in [2.75, 3.05) is 33.2 Å². The molecule has 0 aromatic heterocycles. The molecule has 1 amide bonds. The average molecular weight is 314 g/mol. The number of hydrogen-bond acceptors (Lipinski definition) is 2. The number of nitrogens with zero attached hydrogens (tertiary/aromatic N) is 2. The molecule has 0 radical (unpaired) electrons. The molecule has 22 heavy (non-hydrogen) atoms. The van der Waals surface area contributed by atoms with Crippen molar-refractivity contribution >= 4 is 5.91 Å². The van der Waals surface area contributed by atoms with Crippen LogP contribution in [0.25, 0.3) is 0 Å². The van der Waals surface area contributed by atoms with E-state index in [9.17, 15) is 18.0 Å². The molecule has 6 heteroatoms. The standard InChI is InChI=1S/C16H21F3N2O/c1-20(11-12-21-9-3-2-4-10-21)15(22)13-5-7-14(8-6-13)16(17,18)19/h5-8H,2-4,9-12H2,1H3. The highest BCUT2D eigenvalue weighted by atomic mass is 19.4. The molecule has 1 saturated heterocycles. The largest absolute Gasteiger partial charge is 0.416 e. The molecule has 1 aromatic rings. The third kappa shape index (κ3) is 4.47. The first-order valence-electron chi connectivity index (χ1n) is 7.53. The number of alkyl halides is 3. The van der Waals surface area contributed by atoms with Gasteiger partial charge in [0.15, 0.2) is 0 Å². The summed E-state index contributed by atoms with van der Waals surface area (Å²) >= 11 is 0. The highest BCUT2D eigenvalue weighted by molar-refractivity contribution is 5.94. The molecular formula is C16H21F3N2O. The van der Waals surface area contributed by atoms with Crippen molar-refractivity contribution in [1.29, 1.82) is 0 Å². The van der Waals surface area contributed by atoms with Gasteiger partial charge in [-0.25, -0.2) is 0 Å². The van der Waals surface area contributed by atoms with Gasteiger partial charge in [-0.2, -0.15) is 13.2 Å². The Morgan fingerprint density at radius 1 is 1.14 bits per heavy atom. The Morgan fingerprint density at radius 3 is 2.27 bits per heavy atom. The smallest absolute Gasteiger partial charge is 0.340 e. The lowest BCUT2D eigenvalue weighted by Crippen LogP contribution is -2.38. The van der Waals surface area contributed by atoms with Gasteiger partial charge in [-0.05, 0) is 50.2 Å². The van der Waals surface area contributed by atoms with Gasteiger partial charge in [0.25, 0.3) is 5.91 Å². The molecule has 0 bridgehead atoms. The number of amides is 1. The molecule has 1 aromatic carbocycles. The highest BCUT2D eigenvalue weighted by Gasteiger charge is 2.30. The normalized spacial score (nSPS) is 16.5. The van der Waals surface area contributed by atoms with Crippen molar-refractivity contribution in [3.63, 3.8) is 0 Å². The SMILES string of the molecule is CN(CCN1CCCCC1)C(=O)c1ccc(C(F)(F)F)cc1. The number of hydrogen-bond donors (Lipinski definition) is 0. The third-order valence-corrected chi connectivity index (χ3v) is 4.01. The van der Waals surface area contributed by atoms with E-state index >= 15 is 0 Å². The first-order valence-corrected chi connectivity index (χ1v) is 7.53. The Kier molecular flexibility index (Phi) is 5.45. The van der Waals surface area contributed by atoms with E-state index < -0.39 is 11.7 Å². The minimum Gasteiger partial charge on any atom is -0.340 e. The molecule has 0 aliphatic carbocycles. The lowest BCUT2D eigenvalue weighted by molar-refractivity contribution is -0.137. The maximum atomic E-state index is 12.5. The van der Waals surface area contributed by atoms with Crippen molar-refractivity contribution in [3.8, 4) is 0 Å². The summed E-state index contributed by atoms with van der Waals surface area (Å²) in [6.45, 7) is 3.51. The summed E-state index contributed by atoms with van der Waals surface area (Å²) in [5.41, 5.74) is -0.450. The monoisotopic (exact) mass is 314 g/mol. The van der Waals surface area contributed by atoms with Crippen LogP contribution in [0.4, 0.5) is 13.2 Å². The fraction of sp³-hybridized carbons (Fsp3) is 0.562. The van der Waals surface area contributed by atoms with Crippen molar-refractivity contribution in [3.05, 3.63) is 35.4 Å². The topological polar surface area (TPSA) is 23.6 Å². The van der Waals surface area contributed by atoms with Crippen molar-refractivity contribution < 1.29 is 18.0 Å². The van der Waals surface area contributed by atoms with E-state index in [2.05, 4.69) is 4.90 Å². The van der Waals surface area contributed by atoms with E-state index in [1.165, 1.54) is 31.4 Å². The zero-order chi connectivity index (χ0) is 16.2. The van der Waals surface area contributed by atoms with Crippen LogP contribution in [-0.4, -0.2) is 48.9 Å². The maximum Gasteiger partial charge on any atom is 0.416 e. The molecule has 3 nitrogen and oxygen atoms in total. The Balaban J connectivity index is 1.89. The fourth-order valence-electron chi connectivity index (χ4n) is 2.60. The summed E-state index contributed by atoms with van der Waals surface area (Å²) in [7, 11) is 1.68. The Bertz CT molecular complexity index is 493. The lowest BCUT2D eigenvalue weighted by atomic mass is 10.1. The summed E-state index contributed by atoms with van der Waals surface area (Å²) in [6, 6.07) is 4.38. The lowest BCUT2D eigenvalue weighted by Gasteiger charge is -2.28. The number of rotatable bonds is 4. The van der Waals surface area contributed by atoms with Crippen LogP contribution < -0.4 is 0 Å². The predicted octanol–water partition coefficient (Wildman–Crippen LogP) is 3.26. The molecule has 0 saturated carbocycles. The van der Waals surface area contributed by atoms with Crippen LogP contribution in [0.1, 0.15) is 35.2 Å². The molecule has 1 heterocycles. The number of benzene rings is 1. The van der Waals surface area contributed by atoms with Gasteiger partial charge in [0.2, 0.25) is 0 Å². The zero-order valence-electron chi connectivity index (χ0n) is 12.7. The zero-order valence-corrected chi connectivity index (χ0v) is 12.7. The molecule has 1 aliphatic rings. The summed E-state index contributed by atoms with van der Waals surface area (Å²) < 4.78 is 37.5. The van der Waals surface area contributed by atoms with Crippen LogP contribution >= 0.6 is 0 Å². The van der Waals surface area contributed by atoms with Crippen LogP contribution in [0.15, 0.2) is 24.3 Å². The molecule has 0 N–H and O–H groups in total. The molecule has 122 valence electrons. The van der Waals surface area contributed by atoms with Gasteiger partial charge in [-0.15, -0.1) is 0 Å². The first kappa shape index (κ1) is 16.8. The van der Waals surface area contributed by atoms with Gasteiger partial charge in [0.1, 0.15) is 0 Å².